The highest BCUT2D eigenvalue weighted by Crippen LogP contribution is 2.29. The Balaban J connectivity index is 1.32. The number of hydrogen-bond donors (Lipinski definition) is 0. The van der Waals surface area contributed by atoms with Crippen LogP contribution in [0.5, 0.6) is 0 Å². The van der Waals surface area contributed by atoms with Crippen LogP contribution in [-0.2, 0) is 5.41 Å². The second kappa shape index (κ2) is 10.2. The predicted molar refractivity (Wildman–Crippen MR) is 134 cm³/mol. The van der Waals surface area contributed by atoms with Crippen molar-refractivity contribution < 1.29 is 9.59 Å². The topological polar surface area (TPSA) is 40.6 Å². The van der Waals surface area contributed by atoms with Crippen LogP contribution in [0.15, 0.2) is 54.6 Å². The van der Waals surface area contributed by atoms with Gasteiger partial charge in [0.05, 0.1) is 0 Å². The minimum atomic E-state index is -0.233. The molecule has 2 aromatic carbocycles. The Morgan fingerprint density at radius 1 is 0.879 bits per heavy atom. The number of Topliss-reactive ketones (excluding diaryl/α,β-unsaturated/α-hetero) is 1. The Morgan fingerprint density at radius 3 is 2.15 bits per heavy atom. The molecular weight excluding hydrogens is 408 g/mol. The lowest BCUT2D eigenvalue weighted by molar-refractivity contribution is 0.0541. The molecule has 0 bridgehead atoms. The minimum Gasteiger partial charge on any atom is -0.339 e. The summed E-state index contributed by atoms with van der Waals surface area (Å²) in [5.41, 5.74) is 2.28. The maximum atomic E-state index is 13.1. The number of hydrogen-bond acceptors (Lipinski definition) is 3. The van der Waals surface area contributed by atoms with Crippen LogP contribution in [0.3, 0.4) is 0 Å². The first kappa shape index (κ1) is 23.7. The molecular formula is C29H38N2O2. The van der Waals surface area contributed by atoms with Crippen molar-refractivity contribution in [2.24, 2.45) is 5.92 Å². The van der Waals surface area contributed by atoms with Gasteiger partial charge >= 0.3 is 0 Å². The van der Waals surface area contributed by atoms with E-state index in [2.05, 4.69) is 37.8 Å². The van der Waals surface area contributed by atoms with E-state index in [1.54, 1.807) is 0 Å². The number of carbonyl (C=O) groups is 2. The zero-order chi connectivity index (χ0) is 23.4. The molecule has 4 nitrogen and oxygen atoms in total. The molecule has 0 spiro atoms. The average Bonchev–Trinajstić information content (AvgIpc) is 2.84. The largest absolute Gasteiger partial charge is 0.339 e. The molecule has 0 aliphatic carbocycles. The van der Waals surface area contributed by atoms with Gasteiger partial charge in [0, 0.05) is 43.2 Å². The maximum absolute atomic E-state index is 13.1. The third-order valence-electron chi connectivity index (χ3n) is 7.57. The van der Waals surface area contributed by atoms with Crippen LogP contribution < -0.4 is 0 Å². The molecule has 2 aliphatic heterocycles. The van der Waals surface area contributed by atoms with Crippen molar-refractivity contribution in [2.45, 2.75) is 64.3 Å². The van der Waals surface area contributed by atoms with Crippen molar-refractivity contribution >= 4 is 11.7 Å². The SMILES string of the molecule is CC1CCCN(C2CCN(C(=O)c3ccc(C(=O)CC(C)(C)c4ccccc4)cc3)CC2)C1. The van der Waals surface area contributed by atoms with Gasteiger partial charge in [0.2, 0.25) is 0 Å². The van der Waals surface area contributed by atoms with Gasteiger partial charge in [-0.25, -0.2) is 0 Å². The average molecular weight is 447 g/mol. The lowest BCUT2D eigenvalue weighted by atomic mass is 9.79. The van der Waals surface area contributed by atoms with Gasteiger partial charge in [0.15, 0.2) is 5.78 Å². The first-order valence-corrected chi connectivity index (χ1v) is 12.6. The lowest BCUT2D eigenvalue weighted by Crippen LogP contribution is -2.49. The number of nitrogens with zero attached hydrogens (tertiary/aromatic N) is 2. The van der Waals surface area contributed by atoms with Gasteiger partial charge in [0.1, 0.15) is 0 Å². The summed E-state index contributed by atoms with van der Waals surface area (Å²) in [5.74, 6) is 0.987. The Bertz CT molecular complexity index is 943. The maximum Gasteiger partial charge on any atom is 0.253 e. The van der Waals surface area contributed by atoms with Gasteiger partial charge in [-0.1, -0.05) is 63.2 Å². The summed E-state index contributed by atoms with van der Waals surface area (Å²) in [6, 6.07) is 18.1. The van der Waals surface area contributed by atoms with E-state index in [4.69, 9.17) is 0 Å². The van der Waals surface area contributed by atoms with E-state index in [0.29, 0.717) is 23.6 Å². The number of carbonyl (C=O) groups excluding carboxylic acids is 2. The van der Waals surface area contributed by atoms with E-state index in [9.17, 15) is 9.59 Å². The number of piperidine rings is 2. The summed E-state index contributed by atoms with van der Waals surface area (Å²) in [7, 11) is 0. The molecule has 2 heterocycles. The van der Waals surface area contributed by atoms with Gasteiger partial charge in [-0.2, -0.15) is 0 Å². The first-order valence-electron chi connectivity index (χ1n) is 12.6. The van der Waals surface area contributed by atoms with Gasteiger partial charge in [-0.05, 0) is 61.3 Å². The van der Waals surface area contributed by atoms with Crippen molar-refractivity contribution in [3.05, 3.63) is 71.3 Å². The molecule has 0 saturated carbocycles. The fraction of sp³-hybridized carbons (Fsp3) is 0.517. The number of ketones is 1. The number of amides is 1. The normalized spacial score (nSPS) is 20.6. The monoisotopic (exact) mass is 446 g/mol. The number of likely N-dealkylation sites (tertiary alicyclic amines) is 2. The Kier molecular flexibility index (Phi) is 7.33. The second-order valence-electron chi connectivity index (χ2n) is 10.7. The highest BCUT2D eigenvalue weighted by atomic mass is 16.2. The molecule has 33 heavy (non-hydrogen) atoms. The molecule has 1 unspecified atom stereocenters. The summed E-state index contributed by atoms with van der Waals surface area (Å²) < 4.78 is 0. The lowest BCUT2D eigenvalue weighted by Gasteiger charge is -2.41. The highest BCUT2D eigenvalue weighted by molar-refractivity contribution is 5.99. The van der Waals surface area contributed by atoms with E-state index >= 15 is 0 Å². The zero-order valence-electron chi connectivity index (χ0n) is 20.4. The quantitative estimate of drug-likeness (QED) is 0.545. The Morgan fingerprint density at radius 2 is 1.52 bits per heavy atom. The van der Waals surface area contributed by atoms with Gasteiger partial charge in [-0.15, -0.1) is 0 Å². The molecule has 1 amide bonds. The molecule has 0 aromatic heterocycles. The molecule has 0 radical (unpaired) electrons. The van der Waals surface area contributed by atoms with Crippen molar-refractivity contribution in [2.75, 3.05) is 26.2 Å². The summed E-state index contributed by atoms with van der Waals surface area (Å²) in [6.45, 7) is 10.6. The standard InChI is InChI=1S/C29H38N2O2/c1-22-8-7-17-31(21-22)26-15-18-30(19-16-26)28(33)24-13-11-23(12-14-24)27(32)20-29(2,3)25-9-5-4-6-10-25/h4-6,9-14,22,26H,7-8,15-21H2,1-3H3. The third-order valence-corrected chi connectivity index (χ3v) is 7.57. The molecule has 176 valence electrons. The molecule has 4 heteroatoms. The van der Waals surface area contributed by atoms with Crippen molar-refractivity contribution in [3.63, 3.8) is 0 Å². The number of benzene rings is 2. The summed E-state index contributed by atoms with van der Waals surface area (Å²) in [6.07, 6.45) is 5.20. The smallest absolute Gasteiger partial charge is 0.253 e. The molecule has 2 aliphatic rings. The van der Waals surface area contributed by atoms with Crippen molar-refractivity contribution in [1.82, 2.24) is 9.80 Å². The molecule has 2 saturated heterocycles. The first-order chi connectivity index (χ1) is 15.8. The van der Waals surface area contributed by atoms with Crippen LogP contribution in [0.1, 0.15) is 79.2 Å². The van der Waals surface area contributed by atoms with Crippen LogP contribution in [0, 0.1) is 5.92 Å². The van der Waals surface area contributed by atoms with Crippen LogP contribution in [0.2, 0.25) is 0 Å². The van der Waals surface area contributed by atoms with Crippen LogP contribution in [-0.4, -0.2) is 53.7 Å². The van der Waals surface area contributed by atoms with Crippen LogP contribution >= 0.6 is 0 Å². The third kappa shape index (κ3) is 5.73. The fourth-order valence-electron chi connectivity index (χ4n) is 5.47. The van der Waals surface area contributed by atoms with Crippen molar-refractivity contribution in [3.8, 4) is 0 Å². The summed E-state index contributed by atoms with van der Waals surface area (Å²) in [5, 5.41) is 0. The van der Waals surface area contributed by atoms with Gasteiger partial charge in [0.25, 0.3) is 5.91 Å². The highest BCUT2D eigenvalue weighted by Gasteiger charge is 2.30. The summed E-state index contributed by atoms with van der Waals surface area (Å²) in [4.78, 5) is 30.6. The van der Waals surface area contributed by atoms with Crippen LogP contribution in [0.25, 0.3) is 0 Å². The zero-order valence-corrected chi connectivity index (χ0v) is 20.4. The molecule has 2 aromatic rings. The van der Waals surface area contributed by atoms with E-state index in [1.807, 2.05) is 47.4 Å². The van der Waals surface area contributed by atoms with Crippen molar-refractivity contribution in [1.29, 1.82) is 0 Å². The molecule has 0 N–H and O–H groups in total. The van der Waals surface area contributed by atoms with E-state index in [1.165, 1.54) is 25.9 Å². The van der Waals surface area contributed by atoms with E-state index in [0.717, 1.165) is 37.4 Å². The van der Waals surface area contributed by atoms with E-state index in [-0.39, 0.29) is 17.1 Å². The van der Waals surface area contributed by atoms with Gasteiger partial charge < -0.3 is 4.90 Å². The molecule has 2 fully saturated rings. The molecule has 4 rings (SSSR count). The summed E-state index contributed by atoms with van der Waals surface area (Å²) >= 11 is 0. The molecule has 1 atom stereocenters. The number of rotatable bonds is 6. The Labute approximate surface area is 199 Å². The Hall–Kier alpha value is -2.46. The van der Waals surface area contributed by atoms with Gasteiger partial charge in [-0.3, -0.25) is 14.5 Å². The van der Waals surface area contributed by atoms with Crippen LogP contribution in [0.4, 0.5) is 0 Å². The van der Waals surface area contributed by atoms with E-state index < -0.39 is 0 Å². The second-order valence-corrected chi connectivity index (χ2v) is 10.7. The minimum absolute atomic E-state index is 0.0871. The predicted octanol–water partition coefficient (Wildman–Crippen LogP) is 5.57. The fourth-order valence-corrected chi connectivity index (χ4v) is 5.47.